The number of benzene rings is 1. The molecule has 2 heterocycles. The molecule has 1 aliphatic carbocycles. The lowest BCUT2D eigenvalue weighted by molar-refractivity contribution is -0.142. The number of rotatable bonds is 5. The first kappa shape index (κ1) is 16.8. The summed E-state index contributed by atoms with van der Waals surface area (Å²) in [5.41, 5.74) is 1.49. The molecule has 26 heavy (non-hydrogen) atoms. The Morgan fingerprint density at radius 1 is 1.23 bits per heavy atom. The van der Waals surface area contributed by atoms with Gasteiger partial charge in [0.1, 0.15) is 5.76 Å². The van der Waals surface area contributed by atoms with Crippen molar-refractivity contribution in [3.63, 3.8) is 0 Å². The quantitative estimate of drug-likeness (QED) is 0.893. The molecule has 1 aromatic heterocycles. The van der Waals surface area contributed by atoms with Crippen LogP contribution < -0.4 is 0 Å². The van der Waals surface area contributed by atoms with E-state index in [1.807, 2.05) is 30.3 Å². The number of hydrogen-bond acceptors (Lipinski definition) is 4. The third kappa shape index (κ3) is 3.23. The zero-order valence-corrected chi connectivity index (χ0v) is 14.7. The van der Waals surface area contributed by atoms with E-state index in [0.29, 0.717) is 36.4 Å². The number of likely N-dealkylation sites (tertiary alicyclic amines) is 1. The molecule has 2 aliphatic rings. The summed E-state index contributed by atoms with van der Waals surface area (Å²) in [6.07, 6.45) is 2.31. The molecule has 1 aromatic carbocycles. The van der Waals surface area contributed by atoms with E-state index in [4.69, 9.17) is 4.42 Å². The van der Waals surface area contributed by atoms with Gasteiger partial charge < -0.3 is 14.4 Å². The molecule has 0 radical (unpaired) electrons. The van der Waals surface area contributed by atoms with Crippen molar-refractivity contribution in [2.45, 2.75) is 26.2 Å². The van der Waals surface area contributed by atoms with Gasteiger partial charge in [0.2, 0.25) is 11.8 Å². The highest BCUT2D eigenvalue weighted by atomic mass is 16.4. The van der Waals surface area contributed by atoms with Crippen LogP contribution in [0.25, 0.3) is 11.5 Å². The number of hydrogen-bond donors (Lipinski definition) is 1. The van der Waals surface area contributed by atoms with Gasteiger partial charge in [-0.1, -0.05) is 18.2 Å². The molecule has 1 saturated heterocycles. The summed E-state index contributed by atoms with van der Waals surface area (Å²) in [6.45, 7) is 2.65. The number of amides is 1. The molecule has 6 nitrogen and oxygen atoms in total. The molecule has 1 amide bonds. The van der Waals surface area contributed by atoms with E-state index < -0.39 is 11.9 Å². The zero-order chi connectivity index (χ0) is 18.3. The molecule has 0 spiro atoms. The van der Waals surface area contributed by atoms with Crippen LogP contribution >= 0.6 is 0 Å². The molecule has 4 rings (SSSR count). The number of aryl methyl sites for hydroxylation is 1. The number of carboxylic acid groups (broad SMARTS) is 1. The average molecular weight is 354 g/mol. The van der Waals surface area contributed by atoms with Gasteiger partial charge in [-0.15, -0.1) is 0 Å². The largest absolute Gasteiger partial charge is 0.481 e. The van der Waals surface area contributed by atoms with Gasteiger partial charge in [0.25, 0.3) is 0 Å². The first-order chi connectivity index (χ1) is 12.5. The van der Waals surface area contributed by atoms with Crippen LogP contribution in [0.3, 0.4) is 0 Å². The van der Waals surface area contributed by atoms with Crippen LogP contribution in [0.5, 0.6) is 0 Å². The molecular formula is C20H22N2O4. The van der Waals surface area contributed by atoms with Crippen molar-refractivity contribution in [2.75, 3.05) is 13.1 Å². The minimum Gasteiger partial charge on any atom is -0.481 e. The molecule has 1 aliphatic heterocycles. The molecule has 2 aromatic rings. The second-order valence-corrected chi connectivity index (χ2v) is 7.31. The van der Waals surface area contributed by atoms with Gasteiger partial charge in [-0.3, -0.25) is 9.59 Å². The Kier molecular flexibility index (Phi) is 4.26. The predicted molar refractivity (Wildman–Crippen MR) is 94.3 cm³/mol. The summed E-state index contributed by atoms with van der Waals surface area (Å²) < 4.78 is 5.72. The Morgan fingerprint density at radius 2 is 1.96 bits per heavy atom. The fraction of sp³-hybridized carbons (Fsp3) is 0.450. The SMILES string of the molecule is Cc1oc(-c2ccccc2)nc1CC(=O)N1C[C@H](C(=O)O)[C@@H](C2CC2)C1. The van der Waals surface area contributed by atoms with Crippen LogP contribution in [0.15, 0.2) is 34.7 Å². The van der Waals surface area contributed by atoms with Crippen LogP contribution in [0.1, 0.15) is 24.3 Å². The molecule has 1 N–H and O–H groups in total. The Balaban J connectivity index is 1.47. The topological polar surface area (TPSA) is 83.6 Å². The maximum absolute atomic E-state index is 12.7. The Hall–Kier alpha value is -2.63. The highest BCUT2D eigenvalue weighted by molar-refractivity contribution is 5.81. The van der Waals surface area contributed by atoms with E-state index in [0.717, 1.165) is 18.4 Å². The van der Waals surface area contributed by atoms with Crippen LogP contribution in [0.2, 0.25) is 0 Å². The van der Waals surface area contributed by atoms with Crippen molar-refractivity contribution in [3.8, 4) is 11.5 Å². The van der Waals surface area contributed by atoms with Gasteiger partial charge in [0.05, 0.1) is 18.0 Å². The van der Waals surface area contributed by atoms with E-state index in [-0.39, 0.29) is 18.2 Å². The third-order valence-corrected chi connectivity index (χ3v) is 5.49. The van der Waals surface area contributed by atoms with Crippen molar-refractivity contribution in [3.05, 3.63) is 41.8 Å². The fourth-order valence-electron chi connectivity index (χ4n) is 3.85. The number of aromatic nitrogens is 1. The standard InChI is InChI=1S/C20H22N2O4/c1-12-17(21-19(26-12)14-5-3-2-4-6-14)9-18(23)22-10-15(13-7-8-13)16(11-22)20(24)25/h2-6,13,15-16H,7-11H2,1H3,(H,24,25)/t15-,16+/m1/s1. The molecule has 0 bridgehead atoms. The molecule has 1 saturated carbocycles. The van der Waals surface area contributed by atoms with E-state index in [1.165, 1.54) is 0 Å². The molecule has 2 fully saturated rings. The highest BCUT2D eigenvalue weighted by Crippen LogP contribution is 2.44. The molecule has 6 heteroatoms. The summed E-state index contributed by atoms with van der Waals surface area (Å²) in [5, 5.41) is 9.46. The van der Waals surface area contributed by atoms with Gasteiger partial charge in [-0.05, 0) is 43.7 Å². The lowest BCUT2D eigenvalue weighted by Crippen LogP contribution is -2.31. The lowest BCUT2D eigenvalue weighted by Gasteiger charge is -2.15. The second-order valence-electron chi connectivity index (χ2n) is 7.31. The van der Waals surface area contributed by atoms with E-state index in [1.54, 1.807) is 11.8 Å². The summed E-state index contributed by atoms with van der Waals surface area (Å²) in [7, 11) is 0. The van der Waals surface area contributed by atoms with Crippen molar-refractivity contribution in [1.82, 2.24) is 9.88 Å². The van der Waals surface area contributed by atoms with Crippen molar-refractivity contribution >= 4 is 11.9 Å². The van der Waals surface area contributed by atoms with Crippen molar-refractivity contribution in [2.24, 2.45) is 17.8 Å². The predicted octanol–water partition coefficient (Wildman–Crippen LogP) is 2.76. The minimum atomic E-state index is -0.791. The number of aliphatic carboxylic acids is 1. The first-order valence-electron chi connectivity index (χ1n) is 9.05. The number of oxazole rings is 1. The highest BCUT2D eigenvalue weighted by Gasteiger charge is 2.46. The number of carbonyl (C=O) groups excluding carboxylic acids is 1. The average Bonchev–Trinajstić information content (AvgIpc) is 3.27. The van der Waals surface area contributed by atoms with Gasteiger partial charge >= 0.3 is 5.97 Å². The maximum atomic E-state index is 12.7. The summed E-state index contributed by atoms with van der Waals surface area (Å²) >= 11 is 0. The van der Waals surface area contributed by atoms with E-state index >= 15 is 0 Å². The maximum Gasteiger partial charge on any atom is 0.308 e. The normalized spacial score (nSPS) is 22.6. The van der Waals surface area contributed by atoms with Gasteiger partial charge in [-0.2, -0.15) is 0 Å². The smallest absolute Gasteiger partial charge is 0.308 e. The number of carboxylic acids is 1. The van der Waals surface area contributed by atoms with Crippen LogP contribution in [0, 0.1) is 24.7 Å². The van der Waals surface area contributed by atoms with E-state index in [9.17, 15) is 14.7 Å². The van der Waals surface area contributed by atoms with Gasteiger partial charge in [0, 0.05) is 18.7 Å². The van der Waals surface area contributed by atoms with Gasteiger partial charge in [-0.25, -0.2) is 4.98 Å². The van der Waals surface area contributed by atoms with Gasteiger partial charge in [0.15, 0.2) is 0 Å². The monoisotopic (exact) mass is 354 g/mol. The fourth-order valence-corrected chi connectivity index (χ4v) is 3.85. The van der Waals surface area contributed by atoms with Crippen LogP contribution in [-0.4, -0.2) is 40.0 Å². The molecule has 2 atom stereocenters. The third-order valence-electron chi connectivity index (χ3n) is 5.49. The van der Waals surface area contributed by atoms with Crippen molar-refractivity contribution < 1.29 is 19.1 Å². The summed E-state index contributed by atoms with van der Waals surface area (Å²) in [6, 6.07) is 9.57. The molecule has 0 unspecified atom stereocenters. The lowest BCUT2D eigenvalue weighted by atomic mass is 9.92. The zero-order valence-electron chi connectivity index (χ0n) is 14.7. The molecular weight excluding hydrogens is 332 g/mol. The molecule has 136 valence electrons. The van der Waals surface area contributed by atoms with Crippen molar-refractivity contribution in [1.29, 1.82) is 0 Å². The van der Waals surface area contributed by atoms with E-state index in [2.05, 4.69) is 4.98 Å². The Morgan fingerprint density at radius 3 is 2.62 bits per heavy atom. The Labute approximate surface area is 151 Å². The van der Waals surface area contributed by atoms with Crippen LogP contribution in [-0.2, 0) is 16.0 Å². The Bertz CT molecular complexity index is 826. The van der Waals surface area contributed by atoms with Crippen LogP contribution in [0.4, 0.5) is 0 Å². The summed E-state index contributed by atoms with van der Waals surface area (Å²) in [4.78, 5) is 30.4. The first-order valence-corrected chi connectivity index (χ1v) is 9.05. The number of nitrogens with zero attached hydrogens (tertiary/aromatic N) is 2. The number of carbonyl (C=O) groups is 2. The second kappa shape index (κ2) is 6.59. The minimum absolute atomic E-state index is 0.0737. The summed E-state index contributed by atoms with van der Waals surface area (Å²) in [5.74, 6) is 0.389.